The van der Waals surface area contributed by atoms with Crippen molar-refractivity contribution in [3.8, 4) is 11.3 Å². The quantitative estimate of drug-likeness (QED) is 0.506. The van der Waals surface area contributed by atoms with Crippen molar-refractivity contribution in [2.45, 2.75) is 13.5 Å². The van der Waals surface area contributed by atoms with Gasteiger partial charge in [-0.2, -0.15) is 5.10 Å². The van der Waals surface area contributed by atoms with E-state index in [1.807, 2.05) is 19.1 Å². The van der Waals surface area contributed by atoms with Crippen LogP contribution in [0.25, 0.3) is 22.2 Å². The number of hydrogen-bond acceptors (Lipinski definition) is 5. The van der Waals surface area contributed by atoms with Gasteiger partial charge in [0.1, 0.15) is 17.3 Å². The van der Waals surface area contributed by atoms with Crippen molar-refractivity contribution in [2.75, 3.05) is 5.32 Å². The van der Waals surface area contributed by atoms with Crippen molar-refractivity contribution < 1.29 is 9.18 Å². The molecule has 3 N–H and O–H groups in total. The number of nitrogens with one attached hydrogen (secondary N) is 3. The lowest BCUT2D eigenvalue weighted by Crippen LogP contribution is -2.29. The highest BCUT2D eigenvalue weighted by Crippen LogP contribution is 2.26. The molecular formula is C19H16FN7O. The van der Waals surface area contributed by atoms with Crippen LogP contribution in [0.1, 0.15) is 11.4 Å². The fraction of sp³-hybridized carbons (Fsp3) is 0.105. The molecule has 140 valence electrons. The van der Waals surface area contributed by atoms with Gasteiger partial charge in [-0.3, -0.25) is 20.4 Å². The molecule has 4 aromatic rings. The van der Waals surface area contributed by atoms with E-state index in [2.05, 4.69) is 35.8 Å². The Morgan fingerprint density at radius 1 is 1.18 bits per heavy atom. The average molecular weight is 377 g/mol. The van der Waals surface area contributed by atoms with Crippen LogP contribution >= 0.6 is 0 Å². The van der Waals surface area contributed by atoms with Crippen LogP contribution < -0.4 is 10.6 Å². The van der Waals surface area contributed by atoms with Gasteiger partial charge in [0.05, 0.1) is 17.8 Å². The van der Waals surface area contributed by atoms with Crippen LogP contribution in [0.5, 0.6) is 0 Å². The van der Waals surface area contributed by atoms with Gasteiger partial charge in [-0.25, -0.2) is 14.2 Å². The van der Waals surface area contributed by atoms with Crippen LogP contribution in [0.2, 0.25) is 0 Å². The lowest BCUT2D eigenvalue weighted by Gasteiger charge is -2.07. The first-order valence-corrected chi connectivity index (χ1v) is 8.51. The molecule has 2 amide bonds. The Balaban J connectivity index is 1.48. The molecule has 0 atom stereocenters. The van der Waals surface area contributed by atoms with Gasteiger partial charge in [0.2, 0.25) is 0 Å². The van der Waals surface area contributed by atoms with Gasteiger partial charge >= 0.3 is 6.03 Å². The number of aryl methyl sites for hydroxylation is 1. The van der Waals surface area contributed by atoms with Crippen LogP contribution in [0.4, 0.5) is 15.0 Å². The molecule has 4 rings (SSSR count). The van der Waals surface area contributed by atoms with Gasteiger partial charge in [-0.1, -0.05) is 0 Å². The molecule has 8 nitrogen and oxygen atoms in total. The molecule has 4 aromatic heterocycles. The Morgan fingerprint density at radius 3 is 2.89 bits per heavy atom. The van der Waals surface area contributed by atoms with E-state index in [4.69, 9.17) is 0 Å². The van der Waals surface area contributed by atoms with E-state index < -0.39 is 11.8 Å². The Bertz CT molecular complexity index is 1160. The molecule has 9 heteroatoms. The number of amides is 2. The van der Waals surface area contributed by atoms with E-state index in [9.17, 15) is 9.18 Å². The Kier molecular flexibility index (Phi) is 4.63. The first kappa shape index (κ1) is 17.5. The summed E-state index contributed by atoms with van der Waals surface area (Å²) in [4.78, 5) is 24.4. The number of carbonyl (C=O) groups is 1. The van der Waals surface area contributed by atoms with Crippen LogP contribution in [0.3, 0.4) is 0 Å². The van der Waals surface area contributed by atoms with Gasteiger partial charge in [0, 0.05) is 41.3 Å². The van der Waals surface area contributed by atoms with Crippen LogP contribution in [-0.2, 0) is 6.54 Å². The normalized spacial score (nSPS) is 10.8. The first-order chi connectivity index (χ1) is 13.6. The molecule has 0 fully saturated rings. The number of anilines is 1. The summed E-state index contributed by atoms with van der Waals surface area (Å²) in [5, 5.41) is 13.3. The van der Waals surface area contributed by atoms with Gasteiger partial charge in [-0.15, -0.1) is 0 Å². The fourth-order valence-electron chi connectivity index (χ4n) is 2.77. The third kappa shape index (κ3) is 3.63. The summed E-state index contributed by atoms with van der Waals surface area (Å²) in [6.45, 7) is 1.88. The molecule has 0 saturated carbocycles. The summed E-state index contributed by atoms with van der Waals surface area (Å²) in [7, 11) is 0. The van der Waals surface area contributed by atoms with Gasteiger partial charge < -0.3 is 5.32 Å². The number of aromatic nitrogens is 5. The number of pyridine rings is 3. The molecule has 0 unspecified atom stereocenters. The zero-order valence-corrected chi connectivity index (χ0v) is 14.9. The van der Waals surface area contributed by atoms with Crippen molar-refractivity contribution in [2.24, 2.45) is 0 Å². The van der Waals surface area contributed by atoms with Gasteiger partial charge in [0.25, 0.3) is 0 Å². The molecule has 0 saturated heterocycles. The standard InChI is InChI=1S/C19H16FN7O/c1-11-7-12(4-6-21-11)18-13-9-23-17(8-15(13)26-27-18)25-19(28)24-10-16-14(20)3-2-5-22-16/h2-9H,10H2,1H3,(H,26,27)(H2,23,24,25,28). The van der Waals surface area contributed by atoms with Crippen molar-refractivity contribution in [3.63, 3.8) is 0 Å². The number of rotatable bonds is 4. The molecule has 0 spiro atoms. The van der Waals surface area contributed by atoms with E-state index in [-0.39, 0.29) is 12.2 Å². The predicted octanol–water partition coefficient (Wildman–Crippen LogP) is 3.18. The van der Waals surface area contributed by atoms with Crippen molar-refractivity contribution >= 4 is 22.8 Å². The Morgan fingerprint density at radius 2 is 2.07 bits per heavy atom. The maximum absolute atomic E-state index is 13.5. The minimum absolute atomic E-state index is 0.0314. The second-order valence-electron chi connectivity index (χ2n) is 6.11. The maximum atomic E-state index is 13.5. The number of halogens is 1. The molecule has 0 aromatic carbocycles. The van der Waals surface area contributed by atoms with E-state index >= 15 is 0 Å². The summed E-state index contributed by atoms with van der Waals surface area (Å²) in [5.41, 5.74) is 3.46. The van der Waals surface area contributed by atoms with Gasteiger partial charge in [0.15, 0.2) is 0 Å². The van der Waals surface area contributed by atoms with E-state index in [1.165, 1.54) is 18.3 Å². The molecule has 0 radical (unpaired) electrons. The third-order valence-electron chi connectivity index (χ3n) is 4.11. The molecule has 0 bridgehead atoms. The summed E-state index contributed by atoms with van der Waals surface area (Å²) >= 11 is 0. The lowest BCUT2D eigenvalue weighted by molar-refractivity contribution is 0.251. The van der Waals surface area contributed by atoms with Crippen molar-refractivity contribution in [1.82, 2.24) is 30.5 Å². The molecular weight excluding hydrogens is 361 g/mol. The second-order valence-corrected chi connectivity index (χ2v) is 6.11. The highest BCUT2D eigenvalue weighted by molar-refractivity contribution is 5.95. The maximum Gasteiger partial charge on any atom is 0.320 e. The minimum Gasteiger partial charge on any atom is -0.332 e. The number of H-pyrrole nitrogens is 1. The monoisotopic (exact) mass is 377 g/mol. The van der Waals surface area contributed by atoms with Crippen LogP contribution in [0, 0.1) is 12.7 Å². The van der Waals surface area contributed by atoms with E-state index in [0.29, 0.717) is 5.82 Å². The number of hydrogen-bond donors (Lipinski definition) is 3. The summed E-state index contributed by atoms with van der Waals surface area (Å²) in [6, 6.07) is 7.76. The summed E-state index contributed by atoms with van der Waals surface area (Å²) in [5.74, 6) is -0.133. The largest absolute Gasteiger partial charge is 0.332 e. The smallest absolute Gasteiger partial charge is 0.320 e. The molecule has 4 heterocycles. The predicted molar refractivity (Wildman–Crippen MR) is 102 cm³/mol. The highest BCUT2D eigenvalue weighted by atomic mass is 19.1. The number of fused-ring (bicyclic) bond motifs is 1. The van der Waals surface area contributed by atoms with Crippen LogP contribution in [-0.4, -0.2) is 31.2 Å². The molecule has 28 heavy (non-hydrogen) atoms. The van der Waals surface area contributed by atoms with Gasteiger partial charge in [-0.05, 0) is 31.2 Å². The van der Waals surface area contributed by atoms with E-state index in [0.717, 1.165) is 27.9 Å². The topological polar surface area (TPSA) is 108 Å². The average Bonchev–Trinajstić information content (AvgIpc) is 3.10. The SMILES string of the molecule is Cc1cc(-c2n[nH]c3cc(NC(=O)NCc4ncccc4F)ncc23)ccn1. The first-order valence-electron chi connectivity index (χ1n) is 8.51. The summed E-state index contributed by atoms with van der Waals surface area (Å²) in [6.07, 6.45) is 4.83. The minimum atomic E-state index is -0.513. The molecule has 0 aliphatic carbocycles. The zero-order valence-electron chi connectivity index (χ0n) is 14.9. The van der Waals surface area contributed by atoms with Crippen molar-refractivity contribution in [3.05, 3.63) is 66.1 Å². The number of urea groups is 1. The second kappa shape index (κ2) is 7.39. The zero-order chi connectivity index (χ0) is 19.5. The Labute approximate surface area is 159 Å². The summed E-state index contributed by atoms with van der Waals surface area (Å²) < 4.78 is 13.5. The Hall–Kier alpha value is -3.88. The molecule has 0 aliphatic heterocycles. The lowest BCUT2D eigenvalue weighted by atomic mass is 10.1. The molecule has 0 aliphatic rings. The third-order valence-corrected chi connectivity index (χ3v) is 4.11. The number of nitrogens with zero attached hydrogens (tertiary/aromatic N) is 4. The van der Waals surface area contributed by atoms with E-state index in [1.54, 1.807) is 18.5 Å². The fourth-order valence-corrected chi connectivity index (χ4v) is 2.77. The van der Waals surface area contributed by atoms with Crippen LogP contribution in [0.15, 0.2) is 48.9 Å². The number of aromatic amines is 1. The van der Waals surface area contributed by atoms with Crippen molar-refractivity contribution in [1.29, 1.82) is 0 Å². The highest BCUT2D eigenvalue weighted by Gasteiger charge is 2.11. The number of carbonyl (C=O) groups excluding carboxylic acids is 1.